The van der Waals surface area contributed by atoms with Gasteiger partial charge in [-0.25, -0.2) is 0 Å². The normalized spacial score (nSPS) is 12.3. The topological polar surface area (TPSA) is 66.0 Å². The first kappa shape index (κ1) is 14.5. The molecule has 1 heterocycles. The van der Waals surface area contributed by atoms with E-state index in [0.717, 1.165) is 30.8 Å². The van der Waals surface area contributed by atoms with Gasteiger partial charge in [-0.15, -0.1) is 5.10 Å². The highest BCUT2D eigenvalue weighted by Crippen LogP contribution is 2.13. The van der Waals surface area contributed by atoms with Crippen LogP contribution in [0.1, 0.15) is 37.1 Å². The van der Waals surface area contributed by atoms with Crippen molar-refractivity contribution in [2.45, 2.75) is 39.3 Å². The standard InChI is InChI=1S/C15H22N4O/c1-3-14(16)15-11-19(18-17-15)8-5-9-20-13-7-4-6-12(2)10-13/h4,6-7,10-11,14H,3,5,8-9,16H2,1-2H3. The van der Waals surface area contributed by atoms with Crippen molar-refractivity contribution in [3.05, 3.63) is 41.7 Å². The van der Waals surface area contributed by atoms with Gasteiger partial charge >= 0.3 is 0 Å². The maximum Gasteiger partial charge on any atom is 0.119 e. The van der Waals surface area contributed by atoms with Crippen LogP contribution in [0.15, 0.2) is 30.5 Å². The number of hydrogen-bond donors (Lipinski definition) is 1. The zero-order valence-electron chi connectivity index (χ0n) is 12.1. The van der Waals surface area contributed by atoms with E-state index in [-0.39, 0.29) is 6.04 Å². The van der Waals surface area contributed by atoms with E-state index < -0.39 is 0 Å². The molecule has 0 aliphatic carbocycles. The maximum absolute atomic E-state index is 5.91. The molecule has 2 rings (SSSR count). The fraction of sp³-hybridized carbons (Fsp3) is 0.467. The lowest BCUT2D eigenvalue weighted by molar-refractivity contribution is 0.298. The molecule has 1 atom stereocenters. The van der Waals surface area contributed by atoms with Crippen LogP contribution in [0.5, 0.6) is 5.75 Å². The van der Waals surface area contributed by atoms with Gasteiger partial charge in [0.05, 0.1) is 24.5 Å². The number of nitrogens with zero attached hydrogens (tertiary/aromatic N) is 3. The first-order valence-electron chi connectivity index (χ1n) is 7.04. The van der Waals surface area contributed by atoms with E-state index in [2.05, 4.69) is 23.3 Å². The van der Waals surface area contributed by atoms with Crippen LogP contribution in [0.25, 0.3) is 0 Å². The highest BCUT2D eigenvalue weighted by Gasteiger charge is 2.07. The Bertz CT molecular complexity index is 538. The van der Waals surface area contributed by atoms with Gasteiger partial charge in [0.15, 0.2) is 0 Å². The van der Waals surface area contributed by atoms with Crippen molar-refractivity contribution in [3.63, 3.8) is 0 Å². The Labute approximate surface area is 119 Å². The van der Waals surface area contributed by atoms with Crippen molar-refractivity contribution in [1.82, 2.24) is 15.0 Å². The molecule has 0 spiro atoms. The summed E-state index contributed by atoms with van der Waals surface area (Å²) in [6.07, 6.45) is 3.67. The predicted octanol–water partition coefficient (Wildman–Crippen LogP) is 2.47. The van der Waals surface area contributed by atoms with Crippen LogP contribution in [0, 0.1) is 6.92 Å². The van der Waals surface area contributed by atoms with Crippen LogP contribution in [0.3, 0.4) is 0 Å². The van der Waals surface area contributed by atoms with Gasteiger partial charge in [0, 0.05) is 13.0 Å². The highest BCUT2D eigenvalue weighted by atomic mass is 16.5. The number of hydrogen-bond acceptors (Lipinski definition) is 4. The van der Waals surface area contributed by atoms with Crippen molar-refractivity contribution >= 4 is 0 Å². The lowest BCUT2D eigenvalue weighted by atomic mass is 10.2. The lowest BCUT2D eigenvalue weighted by Gasteiger charge is -2.06. The molecule has 0 aliphatic rings. The predicted molar refractivity (Wildman–Crippen MR) is 78.5 cm³/mol. The van der Waals surface area contributed by atoms with Gasteiger partial charge in [-0.05, 0) is 31.0 Å². The van der Waals surface area contributed by atoms with Crippen molar-refractivity contribution in [2.75, 3.05) is 6.61 Å². The SMILES string of the molecule is CCC(N)c1cn(CCCOc2cccc(C)c2)nn1. The molecule has 0 radical (unpaired) electrons. The number of nitrogens with two attached hydrogens (primary N) is 1. The van der Waals surface area contributed by atoms with Gasteiger partial charge in [0.25, 0.3) is 0 Å². The summed E-state index contributed by atoms with van der Waals surface area (Å²) in [6.45, 7) is 5.55. The summed E-state index contributed by atoms with van der Waals surface area (Å²) in [4.78, 5) is 0. The third kappa shape index (κ3) is 4.06. The van der Waals surface area contributed by atoms with E-state index in [1.165, 1.54) is 5.56 Å². The summed E-state index contributed by atoms with van der Waals surface area (Å²) < 4.78 is 7.52. The average molecular weight is 274 g/mol. The zero-order valence-corrected chi connectivity index (χ0v) is 12.1. The van der Waals surface area contributed by atoms with Crippen LogP contribution in [0.4, 0.5) is 0 Å². The number of ether oxygens (including phenoxy) is 1. The molecule has 20 heavy (non-hydrogen) atoms. The average Bonchev–Trinajstić information content (AvgIpc) is 2.92. The maximum atomic E-state index is 5.91. The van der Waals surface area contributed by atoms with Crippen molar-refractivity contribution < 1.29 is 4.74 Å². The van der Waals surface area contributed by atoms with Gasteiger partial charge in [0.2, 0.25) is 0 Å². The van der Waals surface area contributed by atoms with E-state index in [1.807, 2.05) is 36.0 Å². The molecule has 5 heteroatoms. The first-order chi connectivity index (χ1) is 9.69. The first-order valence-corrected chi connectivity index (χ1v) is 7.04. The van der Waals surface area contributed by atoms with Crippen LogP contribution in [-0.4, -0.2) is 21.6 Å². The Morgan fingerprint density at radius 1 is 1.40 bits per heavy atom. The number of aryl methyl sites for hydroxylation is 2. The molecule has 0 bridgehead atoms. The van der Waals surface area contributed by atoms with Crippen molar-refractivity contribution in [3.8, 4) is 5.75 Å². The van der Waals surface area contributed by atoms with Gasteiger partial charge in [-0.3, -0.25) is 4.68 Å². The quantitative estimate of drug-likeness (QED) is 0.788. The minimum absolute atomic E-state index is 0.0210. The summed E-state index contributed by atoms with van der Waals surface area (Å²) in [6, 6.07) is 8.04. The third-order valence-electron chi connectivity index (χ3n) is 3.17. The largest absolute Gasteiger partial charge is 0.494 e. The molecule has 1 unspecified atom stereocenters. The van der Waals surface area contributed by atoms with Crippen LogP contribution in [-0.2, 0) is 6.54 Å². The molecular weight excluding hydrogens is 252 g/mol. The second-order valence-electron chi connectivity index (χ2n) is 4.94. The smallest absolute Gasteiger partial charge is 0.119 e. The molecule has 1 aromatic carbocycles. The van der Waals surface area contributed by atoms with Crippen LogP contribution >= 0.6 is 0 Å². The summed E-state index contributed by atoms with van der Waals surface area (Å²) in [5.74, 6) is 0.914. The van der Waals surface area contributed by atoms with E-state index in [0.29, 0.717) is 6.61 Å². The van der Waals surface area contributed by atoms with E-state index in [1.54, 1.807) is 0 Å². The van der Waals surface area contributed by atoms with Crippen LogP contribution in [0.2, 0.25) is 0 Å². The molecule has 5 nitrogen and oxygen atoms in total. The molecule has 0 amide bonds. The Kier molecular flexibility index (Phi) is 5.12. The molecule has 0 saturated heterocycles. The van der Waals surface area contributed by atoms with Crippen molar-refractivity contribution in [2.24, 2.45) is 5.73 Å². The van der Waals surface area contributed by atoms with Crippen LogP contribution < -0.4 is 10.5 Å². The van der Waals surface area contributed by atoms with Gasteiger partial charge in [-0.2, -0.15) is 0 Å². The minimum Gasteiger partial charge on any atom is -0.494 e. The van der Waals surface area contributed by atoms with Gasteiger partial charge in [0.1, 0.15) is 5.75 Å². The third-order valence-corrected chi connectivity index (χ3v) is 3.17. The molecular formula is C15H22N4O. The van der Waals surface area contributed by atoms with E-state index >= 15 is 0 Å². The Hall–Kier alpha value is -1.88. The molecule has 108 valence electrons. The Morgan fingerprint density at radius 2 is 2.25 bits per heavy atom. The van der Waals surface area contributed by atoms with Gasteiger partial charge in [-0.1, -0.05) is 24.3 Å². The summed E-state index contributed by atoms with van der Waals surface area (Å²) in [7, 11) is 0. The molecule has 0 saturated carbocycles. The molecule has 0 fully saturated rings. The van der Waals surface area contributed by atoms with Gasteiger partial charge < -0.3 is 10.5 Å². The number of aromatic nitrogens is 3. The molecule has 0 aliphatic heterocycles. The summed E-state index contributed by atoms with van der Waals surface area (Å²) in [5.41, 5.74) is 7.97. The van der Waals surface area contributed by atoms with Crippen molar-refractivity contribution in [1.29, 1.82) is 0 Å². The monoisotopic (exact) mass is 274 g/mol. The summed E-state index contributed by atoms with van der Waals surface area (Å²) in [5, 5.41) is 8.16. The fourth-order valence-corrected chi connectivity index (χ4v) is 1.92. The molecule has 2 aromatic rings. The Morgan fingerprint density at radius 3 is 3.00 bits per heavy atom. The minimum atomic E-state index is -0.0210. The number of benzene rings is 1. The number of rotatable bonds is 7. The second kappa shape index (κ2) is 7.05. The highest BCUT2D eigenvalue weighted by molar-refractivity contribution is 5.27. The zero-order chi connectivity index (χ0) is 14.4. The molecule has 1 aromatic heterocycles. The lowest BCUT2D eigenvalue weighted by Crippen LogP contribution is -2.09. The van der Waals surface area contributed by atoms with E-state index in [4.69, 9.17) is 10.5 Å². The second-order valence-corrected chi connectivity index (χ2v) is 4.94. The van der Waals surface area contributed by atoms with E-state index in [9.17, 15) is 0 Å². The molecule has 2 N–H and O–H groups in total. The fourth-order valence-electron chi connectivity index (χ4n) is 1.92. The summed E-state index contributed by atoms with van der Waals surface area (Å²) >= 11 is 0. The Balaban J connectivity index is 1.74.